The maximum Gasteiger partial charge on any atom is 0.302 e. The van der Waals surface area contributed by atoms with Crippen LogP contribution in [0.4, 0.5) is 0 Å². The van der Waals surface area contributed by atoms with E-state index in [0.29, 0.717) is 12.5 Å². The Balaban J connectivity index is 1.88. The van der Waals surface area contributed by atoms with Gasteiger partial charge < -0.3 is 19.0 Å². The Morgan fingerprint density at radius 2 is 2.28 bits per heavy atom. The number of carbonyl (C=O) groups is 2. The maximum absolute atomic E-state index is 11.0. The molecule has 0 spiro atoms. The van der Waals surface area contributed by atoms with Crippen molar-refractivity contribution in [1.82, 2.24) is 0 Å². The Labute approximate surface area is 107 Å². The molecule has 1 heterocycles. The van der Waals surface area contributed by atoms with Crippen molar-refractivity contribution < 1.29 is 23.8 Å². The van der Waals surface area contributed by atoms with Crippen LogP contribution in [0.5, 0.6) is 0 Å². The van der Waals surface area contributed by atoms with Crippen molar-refractivity contribution in [3.05, 3.63) is 0 Å². The van der Waals surface area contributed by atoms with Gasteiger partial charge >= 0.3 is 5.97 Å². The number of hydrogen-bond acceptors (Lipinski definition) is 5. The predicted molar refractivity (Wildman–Crippen MR) is 62.7 cm³/mol. The number of hydrogen-bond donors (Lipinski definition) is 0. The van der Waals surface area contributed by atoms with Gasteiger partial charge in [0.1, 0.15) is 12.4 Å². The molecule has 0 aromatic heterocycles. The molecule has 0 aromatic rings. The highest BCUT2D eigenvalue weighted by Crippen LogP contribution is 2.49. The Kier molecular flexibility index (Phi) is 3.73. The van der Waals surface area contributed by atoms with Gasteiger partial charge in [0.25, 0.3) is 0 Å². The minimum atomic E-state index is -0.528. The Hall–Kier alpha value is -0.940. The summed E-state index contributed by atoms with van der Waals surface area (Å²) in [5.41, 5.74) is 0. The number of carbonyl (C=O) groups excluding carboxylic acids is 2. The highest BCUT2D eigenvalue weighted by Gasteiger charge is 2.52. The van der Waals surface area contributed by atoms with Gasteiger partial charge in [0.2, 0.25) is 0 Å². The lowest BCUT2D eigenvalue weighted by Crippen LogP contribution is -2.25. The molecule has 4 atom stereocenters. The quantitative estimate of drug-likeness (QED) is 0.548. The minimum Gasteiger partial charge on any atom is -0.462 e. The van der Waals surface area contributed by atoms with E-state index in [1.807, 2.05) is 13.8 Å². The predicted octanol–water partition coefficient (Wildman–Crippen LogP) is 1.29. The molecular weight excluding hydrogens is 236 g/mol. The molecular formula is C13H20O5. The summed E-state index contributed by atoms with van der Waals surface area (Å²) >= 11 is 0. The SMILES string of the molecule is CC(=O)O[C@H](CC=O)[C@@H]1C[C@H]1C1COC(C)(C)O1. The van der Waals surface area contributed by atoms with E-state index in [1.165, 1.54) is 6.92 Å². The molecule has 1 unspecified atom stereocenters. The van der Waals surface area contributed by atoms with E-state index >= 15 is 0 Å². The van der Waals surface area contributed by atoms with Gasteiger partial charge in [-0.05, 0) is 26.2 Å². The van der Waals surface area contributed by atoms with Crippen molar-refractivity contribution in [3.8, 4) is 0 Å². The normalized spacial score (nSPS) is 34.9. The lowest BCUT2D eigenvalue weighted by atomic mass is 10.1. The molecule has 102 valence electrons. The largest absolute Gasteiger partial charge is 0.462 e. The number of esters is 1. The molecule has 2 fully saturated rings. The van der Waals surface area contributed by atoms with Crippen LogP contribution in [0.25, 0.3) is 0 Å². The first-order valence-corrected chi connectivity index (χ1v) is 6.35. The number of aldehydes is 1. The second kappa shape index (κ2) is 4.97. The zero-order valence-electron chi connectivity index (χ0n) is 11.0. The van der Waals surface area contributed by atoms with Crippen molar-refractivity contribution in [2.75, 3.05) is 6.61 Å². The average Bonchev–Trinajstić information content (AvgIpc) is 2.96. The Morgan fingerprint density at radius 3 is 2.78 bits per heavy atom. The molecule has 2 rings (SSSR count). The van der Waals surface area contributed by atoms with Gasteiger partial charge in [0.05, 0.1) is 12.7 Å². The summed E-state index contributed by atoms with van der Waals surface area (Å²) in [6.07, 6.45) is 1.74. The molecule has 0 amide bonds. The summed E-state index contributed by atoms with van der Waals surface area (Å²) in [6, 6.07) is 0. The highest BCUT2D eigenvalue weighted by molar-refractivity contribution is 5.66. The molecule has 0 N–H and O–H groups in total. The summed E-state index contributed by atoms with van der Waals surface area (Å²) in [5.74, 6) is -0.312. The van der Waals surface area contributed by atoms with Crippen LogP contribution in [0, 0.1) is 11.8 Å². The van der Waals surface area contributed by atoms with E-state index in [-0.39, 0.29) is 30.5 Å². The van der Waals surface area contributed by atoms with Gasteiger partial charge in [-0.2, -0.15) is 0 Å². The van der Waals surface area contributed by atoms with Crippen molar-refractivity contribution in [3.63, 3.8) is 0 Å². The molecule has 1 aliphatic carbocycles. The summed E-state index contributed by atoms with van der Waals surface area (Å²) in [6.45, 7) is 5.72. The van der Waals surface area contributed by atoms with Gasteiger partial charge in [-0.15, -0.1) is 0 Å². The van der Waals surface area contributed by atoms with E-state index in [1.54, 1.807) is 0 Å². The first-order chi connectivity index (χ1) is 8.43. The molecule has 0 aromatic carbocycles. The molecule has 1 aliphatic heterocycles. The lowest BCUT2D eigenvalue weighted by Gasteiger charge is -2.18. The molecule has 5 nitrogen and oxygen atoms in total. The Bertz CT molecular complexity index is 338. The van der Waals surface area contributed by atoms with E-state index < -0.39 is 5.79 Å². The second-order valence-corrected chi connectivity index (χ2v) is 5.48. The van der Waals surface area contributed by atoms with E-state index in [9.17, 15) is 9.59 Å². The fourth-order valence-corrected chi connectivity index (χ4v) is 2.64. The summed E-state index contributed by atoms with van der Waals surface area (Å²) in [7, 11) is 0. The average molecular weight is 256 g/mol. The molecule has 5 heteroatoms. The van der Waals surface area contributed by atoms with Crippen LogP contribution in [0.1, 0.15) is 33.6 Å². The smallest absolute Gasteiger partial charge is 0.302 e. The van der Waals surface area contributed by atoms with Crippen LogP contribution >= 0.6 is 0 Å². The molecule has 18 heavy (non-hydrogen) atoms. The van der Waals surface area contributed by atoms with Crippen molar-refractivity contribution in [2.24, 2.45) is 11.8 Å². The molecule has 0 radical (unpaired) electrons. The highest BCUT2D eigenvalue weighted by atomic mass is 16.7. The third kappa shape index (κ3) is 3.09. The van der Waals surface area contributed by atoms with Crippen molar-refractivity contribution in [2.45, 2.75) is 51.6 Å². The fourth-order valence-electron chi connectivity index (χ4n) is 2.64. The van der Waals surface area contributed by atoms with Crippen LogP contribution in [-0.2, 0) is 23.8 Å². The monoisotopic (exact) mass is 256 g/mol. The van der Waals surface area contributed by atoms with Crippen LogP contribution in [0.15, 0.2) is 0 Å². The van der Waals surface area contributed by atoms with Crippen LogP contribution in [-0.4, -0.2) is 36.9 Å². The van der Waals surface area contributed by atoms with Crippen molar-refractivity contribution in [1.29, 1.82) is 0 Å². The van der Waals surface area contributed by atoms with Gasteiger partial charge in [-0.25, -0.2) is 0 Å². The molecule has 1 saturated carbocycles. The van der Waals surface area contributed by atoms with Gasteiger partial charge in [0, 0.05) is 19.3 Å². The van der Waals surface area contributed by atoms with Gasteiger partial charge in [-0.1, -0.05) is 0 Å². The third-order valence-electron chi connectivity index (χ3n) is 3.52. The maximum atomic E-state index is 11.0. The molecule has 0 bridgehead atoms. The van der Waals surface area contributed by atoms with Crippen molar-refractivity contribution >= 4 is 12.3 Å². The second-order valence-electron chi connectivity index (χ2n) is 5.48. The topological polar surface area (TPSA) is 61.8 Å². The summed E-state index contributed by atoms with van der Waals surface area (Å²) in [4.78, 5) is 21.6. The van der Waals surface area contributed by atoms with E-state index in [2.05, 4.69) is 0 Å². The zero-order valence-corrected chi connectivity index (χ0v) is 11.0. The summed E-state index contributed by atoms with van der Waals surface area (Å²) < 4.78 is 16.5. The van der Waals surface area contributed by atoms with Crippen LogP contribution < -0.4 is 0 Å². The number of ether oxygens (including phenoxy) is 3. The first kappa shape index (κ1) is 13.5. The Morgan fingerprint density at radius 1 is 1.56 bits per heavy atom. The fraction of sp³-hybridized carbons (Fsp3) is 0.846. The summed E-state index contributed by atoms with van der Waals surface area (Å²) in [5, 5.41) is 0. The minimum absolute atomic E-state index is 0.0507. The van der Waals surface area contributed by atoms with Crippen LogP contribution in [0.3, 0.4) is 0 Å². The van der Waals surface area contributed by atoms with Crippen LogP contribution in [0.2, 0.25) is 0 Å². The first-order valence-electron chi connectivity index (χ1n) is 6.35. The molecule has 1 saturated heterocycles. The van der Waals surface area contributed by atoms with E-state index in [0.717, 1.165) is 12.7 Å². The van der Waals surface area contributed by atoms with E-state index in [4.69, 9.17) is 14.2 Å². The molecule has 2 aliphatic rings. The third-order valence-corrected chi connectivity index (χ3v) is 3.52. The van der Waals surface area contributed by atoms with Gasteiger partial charge in [0.15, 0.2) is 5.79 Å². The number of rotatable bonds is 5. The lowest BCUT2D eigenvalue weighted by molar-refractivity contribution is -0.150. The zero-order chi connectivity index (χ0) is 13.3. The van der Waals surface area contributed by atoms with Gasteiger partial charge in [-0.3, -0.25) is 4.79 Å². The standard InChI is InChI=1S/C13H20O5/c1-8(15)17-11(4-5-14)9-6-10(9)12-7-16-13(2,3)18-12/h5,9-12H,4,6-7H2,1-3H3/t9-,10-,11-,12?/m1/s1.